The first-order valence-electron chi connectivity index (χ1n) is 10.2. The molecule has 6 heteroatoms. The fourth-order valence-corrected chi connectivity index (χ4v) is 3.87. The molecule has 0 unspecified atom stereocenters. The maximum atomic E-state index is 14.5. The van der Waals surface area contributed by atoms with Gasteiger partial charge in [0.25, 0.3) is 11.8 Å². The van der Waals surface area contributed by atoms with Gasteiger partial charge in [0.15, 0.2) is 0 Å². The molecule has 2 amide bonds. The normalized spacial score (nSPS) is 13.9. The first-order valence-corrected chi connectivity index (χ1v) is 10.2. The summed E-state index contributed by atoms with van der Waals surface area (Å²) in [7, 11) is 0. The van der Waals surface area contributed by atoms with Gasteiger partial charge in [-0.1, -0.05) is 35.9 Å². The molecular formula is C26H22F2N2O2. The van der Waals surface area contributed by atoms with Crippen LogP contribution < -0.4 is 10.2 Å². The summed E-state index contributed by atoms with van der Waals surface area (Å²) in [6.07, 6.45) is 0. The van der Waals surface area contributed by atoms with E-state index in [1.54, 1.807) is 6.07 Å². The molecule has 3 aromatic rings. The van der Waals surface area contributed by atoms with E-state index in [1.807, 2.05) is 58.0 Å². The molecule has 4 nitrogen and oxygen atoms in total. The largest absolute Gasteiger partial charge is 0.350 e. The summed E-state index contributed by atoms with van der Waals surface area (Å²) >= 11 is 0. The van der Waals surface area contributed by atoms with E-state index < -0.39 is 29.1 Å². The van der Waals surface area contributed by atoms with Crippen molar-refractivity contribution in [3.8, 4) is 0 Å². The zero-order chi connectivity index (χ0) is 23.2. The molecular weight excluding hydrogens is 410 g/mol. The van der Waals surface area contributed by atoms with E-state index in [9.17, 15) is 18.4 Å². The second kappa shape index (κ2) is 8.04. The van der Waals surface area contributed by atoms with Crippen LogP contribution in [0.25, 0.3) is 5.57 Å². The lowest BCUT2D eigenvalue weighted by Gasteiger charge is -2.16. The Kier molecular flexibility index (Phi) is 5.38. The molecule has 0 saturated heterocycles. The van der Waals surface area contributed by atoms with E-state index in [0.717, 1.165) is 40.5 Å². The third-order valence-electron chi connectivity index (χ3n) is 5.54. The molecule has 0 aliphatic carbocycles. The van der Waals surface area contributed by atoms with Gasteiger partial charge in [0.05, 0.1) is 11.3 Å². The lowest BCUT2D eigenvalue weighted by molar-refractivity contribution is -0.120. The number of nitrogens with zero attached hydrogens (tertiary/aromatic N) is 1. The Morgan fingerprint density at radius 1 is 0.750 bits per heavy atom. The summed E-state index contributed by atoms with van der Waals surface area (Å²) in [5.41, 5.74) is 4.58. The van der Waals surface area contributed by atoms with E-state index in [1.165, 1.54) is 0 Å². The first-order chi connectivity index (χ1) is 15.2. The number of carbonyl (C=O) groups is 2. The van der Waals surface area contributed by atoms with Gasteiger partial charge in [0.1, 0.15) is 17.3 Å². The van der Waals surface area contributed by atoms with Gasteiger partial charge in [-0.05, 0) is 68.1 Å². The number of imide groups is 1. The molecule has 0 radical (unpaired) electrons. The van der Waals surface area contributed by atoms with Crippen molar-refractivity contribution in [2.75, 3.05) is 10.2 Å². The number of carbonyl (C=O) groups excluding carboxylic acids is 2. The summed E-state index contributed by atoms with van der Waals surface area (Å²) in [5, 5.41) is 3.11. The van der Waals surface area contributed by atoms with Crippen LogP contribution >= 0.6 is 0 Å². The van der Waals surface area contributed by atoms with Crippen LogP contribution in [0.2, 0.25) is 0 Å². The summed E-state index contributed by atoms with van der Waals surface area (Å²) in [5.74, 6) is -3.05. The van der Waals surface area contributed by atoms with E-state index in [2.05, 4.69) is 5.32 Å². The average molecular weight is 432 g/mol. The minimum absolute atomic E-state index is 0.0271. The molecule has 1 aliphatic heterocycles. The Balaban J connectivity index is 1.91. The number of hydrogen-bond acceptors (Lipinski definition) is 3. The molecule has 4 rings (SSSR count). The number of amides is 2. The van der Waals surface area contributed by atoms with Crippen LogP contribution in [0, 0.1) is 39.3 Å². The number of halogens is 2. The first kappa shape index (κ1) is 21.4. The van der Waals surface area contributed by atoms with Crippen molar-refractivity contribution in [2.24, 2.45) is 0 Å². The van der Waals surface area contributed by atoms with Crippen molar-refractivity contribution in [1.82, 2.24) is 0 Å². The zero-order valence-electron chi connectivity index (χ0n) is 18.2. The van der Waals surface area contributed by atoms with E-state index in [-0.39, 0.29) is 11.3 Å². The Hall–Kier alpha value is -3.80. The number of aryl methyl sites for hydroxylation is 4. The van der Waals surface area contributed by atoms with Gasteiger partial charge in [0.2, 0.25) is 0 Å². The molecule has 1 aliphatic rings. The zero-order valence-corrected chi connectivity index (χ0v) is 18.2. The maximum Gasteiger partial charge on any atom is 0.282 e. The second-order valence-corrected chi connectivity index (χ2v) is 8.05. The topological polar surface area (TPSA) is 49.4 Å². The fourth-order valence-electron chi connectivity index (χ4n) is 3.87. The predicted octanol–water partition coefficient (Wildman–Crippen LogP) is 5.60. The van der Waals surface area contributed by atoms with E-state index >= 15 is 0 Å². The van der Waals surface area contributed by atoms with Crippen molar-refractivity contribution >= 4 is 28.8 Å². The monoisotopic (exact) mass is 432 g/mol. The lowest BCUT2D eigenvalue weighted by atomic mass is 9.97. The third-order valence-corrected chi connectivity index (χ3v) is 5.54. The van der Waals surface area contributed by atoms with Gasteiger partial charge in [0, 0.05) is 11.8 Å². The van der Waals surface area contributed by atoms with Crippen LogP contribution in [-0.4, -0.2) is 11.8 Å². The van der Waals surface area contributed by atoms with E-state index in [0.29, 0.717) is 16.2 Å². The highest BCUT2D eigenvalue weighted by molar-refractivity contribution is 6.46. The molecule has 0 fully saturated rings. The summed E-state index contributed by atoms with van der Waals surface area (Å²) in [4.78, 5) is 27.6. The van der Waals surface area contributed by atoms with Crippen molar-refractivity contribution in [3.05, 3.63) is 99.7 Å². The van der Waals surface area contributed by atoms with Gasteiger partial charge < -0.3 is 5.32 Å². The van der Waals surface area contributed by atoms with Crippen LogP contribution in [0.1, 0.15) is 27.8 Å². The summed E-state index contributed by atoms with van der Waals surface area (Å²) in [6, 6.07) is 13.9. The number of nitrogens with one attached hydrogen (secondary N) is 1. The maximum absolute atomic E-state index is 14.5. The molecule has 3 aromatic carbocycles. The van der Waals surface area contributed by atoms with Crippen LogP contribution in [0.3, 0.4) is 0 Å². The Bertz CT molecular complexity index is 1310. The molecule has 0 aromatic heterocycles. The molecule has 162 valence electrons. The van der Waals surface area contributed by atoms with Gasteiger partial charge in [-0.2, -0.15) is 0 Å². The van der Waals surface area contributed by atoms with E-state index in [4.69, 9.17) is 0 Å². The van der Waals surface area contributed by atoms with Crippen LogP contribution in [0.15, 0.2) is 60.3 Å². The number of benzene rings is 3. The second-order valence-electron chi connectivity index (χ2n) is 8.05. The van der Waals surface area contributed by atoms with Gasteiger partial charge in [-0.15, -0.1) is 0 Å². The number of hydrogen-bond donors (Lipinski definition) is 1. The Morgan fingerprint density at radius 2 is 1.44 bits per heavy atom. The quantitative estimate of drug-likeness (QED) is 0.547. The van der Waals surface area contributed by atoms with Crippen LogP contribution in [-0.2, 0) is 9.59 Å². The highest BCUT2D eigenvalue weighted by Crippen LogP contribution is 2.36. The van der Waals surface area contributed by atoms with Crippen molar-refractivity contribution in [2.45, 2.75) is 27.7 Å². The molecule has 32 heavy (non-hydrogen) atoms. The number of anilines is 2. The highest BCUT2D eigenvalue weighted by atomic mass is 19.1. The van der Waals surface area contributed by atoms with Crippen LogP contribution in [0.5, 0.6) is 0 Å². The summed E-state index contributed by atoms with van der Waals surface area (Å²) in [6.45, 7) is 7.56. The van der Waals surface area contributed by atoms with Crippen molar-refractivity contribution < 1.29 is 18.4 Å². The minimum Gasteiger partial charge on any atom is -0.350 e. The minimum atomic E-state index is -0.860. The molecule has 1 heterocycles. The SMILES string of the molecule is Cc1ccc(C2=C(Nc3cc(C)ccc3C)C(=O)N(c3cc(F)ccc3F)C2=O)c(C)c1. The molecule has 0 atom stereocenters. The highest BCUT2D eigenvalue weighted by Gasteiger charge is 2.42. The Labute approximate surface area is 185 Å². The van der Waals surface area contributed by atoms with Crippen molar-refractivity contribution in [3.63, 3.8) is 0 Å². The van der Waals surface area contributed by atoms with Crippen molar-refractivity contribution in [1.29, 1.82) is 0 Å². The van der Waals surface area contributed by atoms with Gasteiger partial charge >= 0.3 is 0 Å². The molecule has 1 N–H and O–H groups in total. The third kappa shape index (κ3) is 3.68. The Morgan fingerprint density at radius 3 is 2.16 bits per heavy atom. The standard InChI is InChI=1S/C26H22F2N2O2/c1-14-6-9-19(17(4)11-14)23-24(29-21-12-15(2)5-7-16(21)3)26(32)30(25(23)31)22-13-18(27)8-10-20(22)28/h5-13,29H,1-4H3. The van der Waals surface area contributed by atoms with Gasteiger partial charge in [-0.3, -0.25) is 9.59 Å². The smallest absolute Gasteiger partial charge is 0.282 e. The average Bonchev–Trinajstić information content (AvgIpc) is 2.96. The fraction of sp³-hybridized carbons (Fsp3) is 0.154. The predicted molar refractivity (Wildman–Crippen MR) is 121 cm³/mol. The number of rotatable bonds is 4. The van der Waals surface area contributed by atoms with Crippen LogP contribution in [0.4, 0.5) is 20.2 Å². The molecule has 0 spiro atoms. The molecule has 0 bridgehead atoms. The summed E-state index contributed by atoms with van der Waals surface area (Å²) < 4.78 is 28.4. The van der Waals surface area contributed by atoms with Gasteiger partial charge in [-0.25, -0.2) is 13.7 Å². The lowest BCUT2D eigenvalue weighted by Crippen LogP contribution is -2.33. The molecule has 0 saturated carbocycles.